The Morgan fingerprint density at radius 3 is 0.773 bits per heavy atom. The number of aliphatic carboxylic acids is 2. The molecule has 0 atom stereocenters. The van der Waals surface area contributed by atoms with E-state index in [9.17, 15) is 9.59 Å². The van der Waals surface area contributed by atoms with Gasteiger partial charge >= 0.3 is 11.9 Å². The van der Waals surface area contributed by atoms with E-state index >= 15 is 0 Å². The Balaban J connectivity index is -0.000000574. The van der Waals surface area contributed by atoms with Crippen molar-refractivity contribution in [3.8, 4) is 0 Å². The molecule has 0 fully saturated rings. The van der Waals surface area contributed by atoms with Gasteiger partial charge in [-0.2, -0.15) is 0 Å². The minimum absolute atomic E-state index is 0.344. The first-order valence-electron chi connectivity index (χ1n) is 19.1. The van der Waals surface area contributed by atoms with E-state index in [1.807, 2.05) is 0 Å². The molecular weight excluding hydrogens is 552 g/mol. The molecule has 44 heavy (non-hydrogen) atoms. The molecule has 0 heterocycles. The lowest BCUT2D eigenvalue weighted by Crippen LogP contribution is -2.02. The zero-order chi connectivity index (χ0) is 33.4. The second kappa shape index (κ2) is 44.0. The van der Waals surface area contributed by atoms with Gasteiger partial charge in [0.25, 0.3) is 0 Å². The Morgan fingerprint density at radius 1 is 0.364 bits per heavy atom. The molecule has 4 N–H and O–H groups in total. The molecule has 266 valence electrons. The topological polar surface area (TPSA) is 115 Å². The summed E-state index contributed by atoms with van der Waals surface area (Å²) in [4.78, 5) is 20.5. The highest BCUT2D eigenvalue weighted by Crippen LogP contribution is 2.13. The Bertz CT molecular complexity index is 503. The van der Waals surface area contributed by atoms with Gasteiger partial charge in [0.15, 0.2) is 6.29 Å². The normalized spacial score (nSPS) is 10.7. The molecule has 0 aromatic carbocycles. The Labute approximate surface area is 274 Å². The van der Waals surface area contributed by atoms with Crippen LogP contribution in [0.1, 0.15) is 226 Å². The lowest BCUT2D eigenvalue weighted by atomic mass is 10.1. The van der Waals surface area contributed by atoms with Gasteiger partial charge in [-0.1, -0.05) is 188 Å². The van der Waals surface area contributed by atoms with Crippen molar-refractivity contribution in [3.63, 3.8) is 0 Å². The molecule has 0 spiro atoms. The van der Waals surface area contributed by atoms with Gasteiger partial charge in [0.2, 0.25) is 0 Å². The van der Waals surface area contributed by atoms with Crippen LogP contribution in [0.5, 0.6) is 0 Å². The third kappa shape index (κ3) is 56.6. The number of carboxylic acid groups (broad SMARTS) is 2. The van der Waals surface area contributed by atoms with Crippen LogP contribution in [-0.4, -0.2) is 38.7 Å². The summed E-state index contributed by atoms with van der Waals surface area (Å²) in [5.74, 6) is -1.32. The summed E-state index contributed by atoms with van der Waals surface area (Å²) < 4.78 is 0. The lowest BCUT2D eigenvalue weighted by Gasteiger charge is -2.03. The molecule has 0 radical (unpaired) electrons. The van der Waals surface area contributed by atoms with Gasteiger partial charge in [-0.05, 0) is 25.7 Å². The Kier molecular flexibility index (Phi) is 47.3. The first-order valence-corrected chi connectivity index (χ1v) is 19.1. The summed E-state index contributed by atoms with van der Waals surface area (Å²) in [7, 11) is 0. The SMILES string of the molecule is CCCCCCCCCCCC(O)O.CCCCCCCCCCCCC(=O)O.CCCCCCCCCCCCC(=O)O. The number of unbranched alkanes of at least 4 members (excludes halogenated alkanes) is 26. The van der Waals surface area contributed by atoms with Gasteiger partial charge in [0.1, 0.15) is 0 Å². The third-order valence-electron chi connectivity index (χ3n) is 8.05. The van der Waals surface area contributed by atoms with Crippen LogP contribution in [0, 0.1) is 0 Å². The molecule has 0 saturated carbocycles. The molecule has 0 unspecified atom stereocenters. The van der Waals surface area contributed by atoms with Crippen LogP contribution in [0.25, 0.3) is 0 Å². The molecule has 0 saturated heterocycles. The van der Waals surface area contributed by atoms with E-state index in [1.54, 1.807) is 0 Å². The lowest BCUT2D eigenvalue weighted by molar-refractivity contribution is -0.138. The van der Waals surface area contributed by atoms with Crippen molar-refractivity contribution in [2.24, 2.45) is 0 Å². The van der Waals surface area contributed by atoms with Crippen LogP contribution in [-0.2, 0) is 9.59 Å². The first kappa shape index (κ1) is 47.3. The Hall–Kier alpha value is -1.14. The maximum absolute atomic E-state index is 10.2. The fourth-order valence-electron chi connectivity index (χ4n) is 5.16. The van der Waals surface area contributed by atoms with Crippen LogP contribution in [0.4, 0.5) is 0 Å². The van der Waals surface area contributed by atoms with Crippen LogP contribution in [0.3, 0.4) is 0 Å². The van der Waals surface area contributed by atoms with Crippen molar-refractivity contribution in [2.45, 2.75) is 233 Å². The van der Waals surface area contributed by atoms with Crippen molar-refractivity contribution in [1.29, 1.82) is 0 Å². The van der Waals surface area contributed by atoms with E-state index in [4.69, 9.17) is 20.4 Å². The third-order valence-corrected chi connectivity index (χ3v) is 8.05. The number of carbonyl (C=O) groups is 2. The fourth-order valence-corrected chi connectivity index (χ4v) is 5.16. The molecule has 6 heteroatoms. The summed E-state index contributed by atoms with van der Waals surface area (Å²) in [6, 6.07) is 0. The maximum Gasteiger partial charge on any atom is 0.303 e. The van der Waals surface area contributed by atoms with E-state index < -0.39 is 18.2 Å². The van der Waals surface area contributed by atoms with Gasteiger partial charge in [-0.25, -0.2) is 0 Å². The van der Waals surface area contributed by atoms with Crippen molar-refractivity contribution in [1.82, 2.24) is 0 Å². The number of aliphatic hydroxyl groups excluding tert-OH is 1. The molecular formula is C38H78O6. The van der Waals surface area contributed by atoms with Crippen molar-refractivity contribution in [3.05, 3.63) is 0 Å². The number of carboxylic acids is 2. The summed E-state index contributed by atoms with van der Waals surface area (Å²) in [5, 5.41) is 34.1. The van der Waals surface area contributed by atoms with Crippen molar-refractivity contribution in [2.75, 3.05) is 0 Å². The summed E-state index contributed by atoms with van der Waals surface area (Å²) in [6.07, 6.45) is 36.7. The van der Waals surface area contributed by atoms with E-state index in [0.717, 1.165) is 38.5 Å². The second-order valence-electron chi connectivity index (χ2n) is 12.7. The van der Waals surface area contributed by atoms with Crippen LogP contribution >= 0.6 is 0 Å². The van der Waals surface area contributed by atoms with Gasteiger partial charge < -0.3 is 20.4 Å². The highest BCUT2D eigenvalue weighted by molar-refractivity contribution is 5.66. The molecule has 0 aliphatic rings. The predicted octanol–water partition coefficient (Wildman–Crippen LogP) is 12.0. The van der Waals surface area contributed by atoms with Crippen LogP contribution < -0.4 is 0 Å². The predicted molar refractivity (Wildman–Crippen MR) is 188 cm³/mol. The molecule has 0 aromatic rings. The largest absolute Gasteiger partial charge is 0.481 e. The molecule has 0 aliphatic heterocycles. The molecule has 0 amide bonds. The standard InChI is InChI=1S/2C13H26O2.C12H26O2/c2*1-2-3-4-5-6-7-8-9-10-11-12-13(14)15;1-2-3-4-5-6-7-8-9-10-11-12(13)14/h2*2-12H2,1H3,(H,14,15);12-14H,2-11H2,1H3. The van der Waals surface area contributed by atoms with E-state index in [2.05, 4.69) is 20.8 Å². The average molecular weight is 631 g/mol. The number of aliphatic hydroxyl groups is 2. The fraction of sp³-hybridized carbons (Fsp3) is 0.947. The quantitative estimate of drug-likeness (QED) is 0.0434. The van der Waals surface area contributed by atoms with E-state index in [0.29, 0.717) is 19.3 Å². The second-order valence-corrected chi connectivity index (χ2v) is 12.7. The average Bonchev–Trinajstić information content (AvgIpc) is 2.98. The van der Waals surface area contributed by atoms with Crippen LogP contribution in [0.2, 0.25) is 0 Å². The van der Waals surface area contributed by atoms with Gasteiger partial charge in [0.05, 0.1) is 0 Å². The van der Waals surface area contributed by atoms with Gasteiger partial charge in [0, 0.05) is 12.8 Å². The maximum atomic E-state index is 10.2. The van der Waals surface area contributed by atoms with Crippen LogP contribution in [0.15, 0.2) is 0 Å². The number of rotatable bonds is 32. The van der Waals surface area contributed by atoms with E-state index in [1.165, 1.54) is 148 Å². The summed E-state index contributed by atoms with van der Waals surface area (Å²) in [5.41, 5.74) is 0. The number of hydrogen-bond donors (Lipinski definition) is 4. The smallest absolute Gasteiger partial charge is 0.303 e. The van der Waals surface area contributed by atoms with E-state index in [-0.39, 0.29) is 0 Å². The van der Waals surface area contributed by atoms with Gasteiger partial charge in [-0.3, -0.25) is 9.59 Å². The molecule has 0 aromatic heterocycles. The number of hydrogen-bond acceptors (Lipinski definition) is 4. The monoisotopic (exact) mass is 631 g/mol. The van der Waals surface area contributed by atoms with Crippen molar-refractivity contribution < 1.29 is 30.0 Å². The zero-order valence-electron chi connectivity index (χ0n) is 29.8. The minimum Gasteiger partial charge on any atom is -0.481 e. The van der Waals surface area contributed by atoms with Gasteiger partial charge in [-0.15, -0.1) is 0 Å². The molecule has 6 nitrogen and oxygen atoms in total. The highest BCUT2D eigenvalue weighted by Gasteiger charge is 1.98. The summed E-state index contributed by atoms with van der Waals surface area (Å²) in [6.45, 7) is 6.71. The van der Waals surface area contributed by atoms with Crippen molar-refractivity contribution >= 4 is 11.9 Å². The Morgan fingerprint density at radius 2 is 0.568 bits per heavy atom. The molecule has 0 rings (SSSR count). The molecule has 0 aliphatic carbocycles. The summed E-state index contributed by atoms with van der Waals surface area (Å²) >= 11 is 0. The highest BCUT2D eigenvalue weighted by atomic mass is 16.5. The minimum atomic E-state index is -1.10. The zero-order valence-corrected chi connectivity index (χ0v) is 29.8. The molecule has 0 bridgehead atoms. The first-order chi connectivity index (χ1) is 21.3.